The average Bonchev–Trinajstić information content (AvgIpc) is 2.10. The number of hydrogen-bond acceptors (Lipinski definition) is 2. The Morgan fingerprint density at radius 2 is 1.64 bits per heavy atom. The molecule has 0 amide bonds. The molecule has 0 bridgehead atoms. The first-order valence-corrected chi connectivity index (χ1v) is 3.50. The largest absolute Gasteiger partial charge is 0.269 e. The van der Waals surface area contributed by atoms with Gasteiger partial charge in [-0.3, -0.25) is 10.1 Å². The fraction of sp³-hybridized carbons (Fsp3) is 0.250. The molecule has 1 aromatic carbocycles. The van der Waals surface area contributed by atoms with Crippen molar-refractivity contribution >= 4 is 5.69 Å². The van der Waals surface area contributed by atoms with Crippen molar-refractivity contribution < 1.29 is 4.92 Å². The van der Waals surface area contributed by atoms with Crippen LogP contribution < -0.4 is 0 Å². The second-order valence-electron chi connectivity index (χ2n) is 1.59. The van der Waals surface area contributed by atoms with E-state index in [1.807, 2.05) is 13.8 Å². The maximum Gasteiger partial charge on any atom is 0.269 e. The molecule has 11 heavy (non-hydrogen) atoms. The molecule has 1 aromatic rings. The zero-order valence-electron chi connectivity index (χ0n) is 6.65. The van der Waals surface area contributed by atoms with Crippen LogP contribution in [0.4, 0.5) is 5.69 Å². The van der Waals surface area contributed by atoms with Gasteiger partial charge in [-0.1, -0.05) is 32.0 Å². The van der Waals surface area contributed by atoms with Gasteiger partial charge in [0, 0.05) is 12.1 Å². The van der Waals surface area contributed by atoms with E-state index in [0.717, 1.165) is 0 Å². The van der Waals surface area contributed by atoms with Gasteiger partial charge in [0.2, 0.25) is 0 Å². The fourth-order valence-corrected chi connectivity index (χ4v) is 0.550. The van der Waals surface area contributed by atoms with Crippen LogP contribution in [0.5, 0.6) is 0 Å². The Labute approximate surface area is 65.8 Å². The molecule has 0 radical (unpaired) electrons. The number of benzene rings is 1. The third-order valence-electron chi connectivity index (χ3n) is 0.967. The van der Waals surface area contributed by atoms with E-state index in [2.05, 4.69) is 0 Å². The average molecular weight is 153 g/mol. The van der Waals surface area contributed by atoms with Gasteiger partial charge in [0.1, 0.15) is 0 Å². The molecule has 0 spiro atoms. The molecule has 0 saturated heterocycles. The molecule has 0 saturated carbocycles. The Bertz CT molecular complexity index is 209. The van der Waals surface area contributed by atoms with Crippen molar-refractivity contribution in [2.45, 2.75) is 13.8 Å². The normalized spacial score (nSPS) is 7.82. The number of nitro benzene ring substituents is 1. The molecule has 0 N–H and O–H groups in total. The molecule has 0 aromatic heterocycles. The van der Waals surface area contributed by atoms with E-state index in [-0.39, 0.29) is 5.69 Å². The lowest BCUT2D eigenvalue weighted by Gasteiger charge is -1.85. The van der Waals surface area contributed by atoms with E-state index in [9.17, 15) is 10.1 Å². The quantitative estimate of drug-likeness (QED) is 0.459. The molecule has 0 heterocycles. The predicted octanol–water partition coefficient (Wildman–Crippen LogP) is 2.62. The highest BCUT2D eigenvalue weighted by molar-refractivity contribution is 5.27. The van der Waals surface area contributed by atoms with E-state index in [4.69, 9.17) is 0 Å². The summed E-state index contributed by atoms with van der Waals surface area (Å²) in [5.41, 5.74) is 0.137. The monoisotopic (exact) mass is 153 g/mol. The van der Waals surface area contributed by atoms with Crippen molar-refractivity contribution in [3.05, 3.63) is 40.4 Å². The fourth-order valence-electron chi connectivity index (χ4n) is 0.550. The summed E-state index contributed by atoms with van der Waals surface area (Å²) in [7, 11) is 0. The number of non-ortho nitro benzene ring substituents is 1. The van der Waals surface area contributed by atoms with Crippen LogP contribution in [-0.2, 0) is 0 Å². The predicted molar refractivity (Wildman–Crippen MR) is 44.4 cm³/mol. The highest BCUT2D eigenvalue weighted by atomic mass is 16.6. The minimum atomic E-state index is -0.417. The van der Waals surface area contributed by atoms with E-state index in [0.29, 0.717) is 0 Å². The maximum atomic E-state index is 10.0. The second kappa shape index (κ2) is 5.41. The summed E-state index contributed by atoms with van der Waals surface area (Å²) >= 11 is 0. The van der Waals surface area contributed by atoms with E-state index < -0.39 is 4.92 Å². The van der Waals surface area contributed by atoms with Gasteiger partial charge in [-0.25, -0.2) is 0 Å². The summed E-state index contributed by atoms with van der Waals surface area (Å²) in [5, 5.41) is 10.0. The van der Waals surface area contributed by atoms with Gasteiger partial charge in [0.25, 0.3) is 5.69 Å². The van der Waals surface area contributed by atoms with Gasteiger partial charge in [-0.2, -0.15) is 0 Å². The van der Waals surface area contributed by atoms with Gasteiger partial charge in [0.05, 0.1) is 4.92 Å². The van der Waals surface area contributed by atoms with Gasteiger partial charge in [0.15, 0.2) is 0 Å². The standard InChI is InChI=1S/C6H5NO2.C2H6/c8-7(9)6-4-2-1-3-5-6;1-2/h1-5H;1-2H3. The maximum absolute atomic E-state index is 10.0. The number of rotatable bonds is 1. The topological polar surface area (TPSA) is 43.1 Å². The molecule has 0 aliphatic rings. The summed E-state index contributed by atoms with van der Waals surface area (Å²) < 4.78 is 0. The zero-order chi connectivity index (χ0) is 8.69. The number of nitrogens with zero attached hydrogens (tertiary/aromatic N) is 1. The number of para-hydroxylation sites is 1. The van der Waals surface area contributed by atoms with Crippen molar-refractivity contribution in [2.75, 3.05) is 0 Å². The van der Waals surface area contributed by atoms with E-state index >= 15 is 0 Å². The molecule has 0 atom stereocenters. The number of hydrogen-bond donors (Lipinski definition) is 0. The van der Waals surface area contributed by atoms with Gasteiger partial charge >= 0.3 is 0 Å². The highest BCUT2D eigenvalue weighted by Crippen LogP contribution is 2.06. The van der Waals surface area contributed by atoms with Crippen molar-refractivity contribution in [3.63, 3.8) is 0 Å². The first-order chi connectivity index (χ1) is 5.30. The lowest BCUT2D eigenvalue weighted by molar-refractivity contribution is -0.384. The second-order valence-corrected chi connectivity index (χ2v) is 1.59. The third-order valence-corrected chi connectivity index (χ3v) is 0.967. The number of nitro groups is 1. The van der Waals surface area contributed by atoms with Crippen LogP contribution in [0.3, 0.4) is 0 Å². The Balaban J connectivity index is 0.000000461. The van der Waals surface area contributed by atoms with Crippen molar-refractivity contribution in [1.29, 1.82) is 0 Å². The van der Waals surface area contributed by atoms with Crippen LogP contribution in [0.25, 0.3) is 0 Å². The molecule has 0 aliphatic carbocycles. The molecule has 0 aliphatic heterocycles. The molecule has 3 heteroatoms. The Morgan fingerprint density at radius 1 is 1.18 bits per heavy atom. The van der Waals surface area contributed by atoms with Crippen LogP contribution in [0, 0.1) is 10.1 Å². The molecular weight excluding hydrogens is 142 g/mol. The van der Waals surface area contributed by atoms with Crippen LogP contribution in [-0.4, -0.2) is 4.92 Å². The SMILES string of the molecule is CC.O=[N+]([O-])c1ccccc1. The van der Waals surface area contributed by atoms with Gasteiger partial charge in [-0.15, -0.1) is 0 Å². The zero-order valence-corrected chi connectivity index (χ0v) is 6.65. The lowest BCUT2D eigenvalue weighted by atomic mass is 10.3. The molecular formula is C8H11NO2. The lowest BCUT2D eigenvalue weighted by Crippen LogP contribution is -1.84. The van der Waals surface area contributed by atoms with Crippen molar-refractivity contribution in [3.8, 4) is 0 Å². The van der Waals surface area contributed by atoms with Gasteiger partial charge in [-0.05, 0) is 0 Å². The van der Waals surface area contributed by atoms with Gasteiger partial charge < -0.3 is 0 Å². The van der Waals surface area contributed by atoms with Crippen molar-refractivity contribution in [2.24, 2.45) is 0 Å². The molecule has 0 fully saturated rings. The first-order valence-electron chi connectivity index (χ1n) is 3.50. The van der Waals surface area contributed by atoms with E-state index in [1.54, 1.807) is 18.2 Å². The van der Waals surface area contributed by atoms with Crippen LogP contribution in [0.1, 0.15) is 13.8 Å². The van der Waals surface area contributed by atoms with E-state index in [1.165, 1.54) is 12.1 Å². The minimum absolute atomic E-state index is 0.137. The molecule has 0 unspecified atom stereocenters. The van der Waals surface area contributed by atoms with Crippen molar-refractivity contribution in [1.82, 2.24) is 0 Å². The Morgan fingerprint density at radius 3 is 1.91 bits per heavy atom. The Kier molecular flexibility index (Phi) is 4.73. The minimum Gasteiger partial charge on any atom is -0.258 e. The van der Waals surface area contributed by atoms with Crippen LogP contribution >= 0.6 is 0 Å². The van der Waals surface area contributed by atoms with Crippen LogP contribution in [0.15, 0.2) is 30.3 Å². The Hall–Kier alpha value is -1.38. The molecule has 3 nitrogen and oxygen atoms in total. The molecule has 60 valence electrons. The molecule has 1 rings (SSSR count). The summed E-state index contributed by atoms with van der Waals surface area (Å²) in [6.07, 6.45) is 0. The summed E-state index contributed by atoms with van der Waals surface area (Å²) in [6, 6.07) is 7.93. The third kappa shape index (κ3) is 3.35. The summed E-state index contributed by atoms with van der Waals surface area (Å²) in [5.74, 6) is 0. The highest BCUT2D eigenvalue weighted by Gasteiger charge is 1.98. The van der Waals surface area contributed by atoms with Crippen LogP contribution in [0.2, 0.25) is 0 Å². The first kappa shape index (κ1) is 9.62. The summed E-state index contributed by atoms with van der Waals surface area (Å²) in [4.78, 5) is 9.59. The summed E-state index contributed by atoms with van der Waals surface area (Å²) in [6.45, 7) is 4.00. The smallest absolute Gasteiger partial charge is 0.258 e.